The smallest absolute Gasteiger partial charge is 0.237 e. The van der Waals surface area contributed by atoms with Gasteiger partial charge in [0.25, 0.3) is 0 Å². The van der Waals surface area contributed by atoms with Crippen LogP contribution < -0.4 is 15.4 Å². The zero-order chi connectivity index (χ0) is 23.5. The van der Waals surface area contributed by atoms with E-state index in [1.54, 1.807) is 54.6 Å². The third-order valence-corrected chi connectivity index (χ3v) is 5.17. The van der Waals surface area contributed by atoms with E-state index in [9.17, 15) is 19.5 Å². The standard InChI is InChI=1S/C25H21N3O5/c1-14(29)27-18-5-3-4-15(10-18)24(31)16-6-8-19-20(25(32)28-21(19)11-16)13-26-17-7-9-23(33-2)22(30)12-17/h3-13,20,30H,1-2H3,(H,27,29)(H,28,32). The fraction of sp³-hybridized carbons (Fsp3) is 0.120. The number of anilines is 2. The number of phenolic OH excluding ortho intramolecular Hbond substituents is 1. The number of hydrogen-bond donors (Lipinski definition) is 3. The van der Waals surface area contributed by atoms with Crippen LogP contribution in [-0.2, 0) is 9.59 Å². The number of aliphatic imine (C=N–C) groups is 1. The van der Waals surface area contributed by atoms with E-state index < -0.39 is 5.92 Å². The zero-order valence-electron chi connectivity index (χ0n) is 18.0. The number of amides is 2. The molecule has 4 rings (SSSR count). The van der Waals surface area contributed by atoms with Crippen molar-refractivity contribution in [2.75, 3.05) is 17.7 Å². The van der Waals surface area contributed by atoms with E-state index in [1.165, 1.54) is 26.3 Å². The predicted octanol–water partition coefficient (Wildman–Crippen LogP) is 4.03. The first-order chi connectivity index (χ1) is 15.9. The van der Waals surface area contributed by atoms with Gasteiger partial charge in [0, 0.05) is 41.7 Å². The van der Waals surface area contributed by atoms with E-state index in [0.29, 0.717) is 39.5 Å². The molecule has 1 aliphatic rings. The van der Waals surface area contributed by atoms with Crippen LogP contribution in [0.3, 0.4) is 0 Å². The van der Waals surface area contributed by atoms with Gasteiger partial charge in [-0.25, -0.2) is 0 Å². The van der Waals surface area contributed by atoms with E-state index in [0.717, 1.165) is 0 Å². The molecule has 1 aliphatic heterocycles. The Labute approximate surface area is 189 Å². The Morgan fingerprint density at radius 3 is 2.61 bits per heavy atom. The molecule has 0 aromatic heterocycles. The van der Waals surface area contributed by atoms with Gasteiger partial charge in [-0.1, -0.05) is 24.3 Å². The first-order valence-corrected chi connectivity index (χ1v) is 10.1. The highest BCUT2D eigenvalue weighted by molar-refractivity contribution is 6.15. The van der Waals surface area contributed by atoms with Gasteiger partial charge in [0.15, 0.2) is 17.3 Å². The second-order valence-corrected chi connectivity index (χ2v) is 7.49. The minimum absolute atomic E-state index is 0.0471. The molecule has 1 atom stereocenters. The number of methoxy groups -OCH3 is 1. The summed E-state index contributed by atoms with van der Waals surface area (Å²) in [5.41, 5.74) is 3.07. The Hall–Kier alpha value is -4.46. The highest BCUT2D eigenvalue weighted by Crippen LogP contribution is 2.34. The van der Waals surface area contributed by atoms with Crippen LogP contribution in [0.15, 0.2) is 65.7 Å². The van der Waals surface area contributed by atoms with Crippen molar-refractivity contribution in [3.63, 3.8) is 0 Å². The predicted molar refractivity (Wildman–Crippen MR) is 125 cm³/mol. The number of carbonyl (C=O) groups is 3. The number of phenols is 1. The lowest BCUT2D eigenvalue weighted by atomic mass is 9.97. The zero-order valence-corrected chi connectivity index (χ0v) is 18.0. The van der Waals surface area contributed by atoms with Crippen LogP contribution in [0.1, 0.15) is 34.3 Å². The molecule has 3 aromatic rings. The summed E-state index contributed by atoms with van der Waals surface area (Å²) in [4.78, 5) is 41.1. The molecule has 3 aromatic carbocycles. The minimum Gasteiger partial charge on any atom is -0.504 e. The molecular weight excluding hydrogens is 422 g/mol. The van der Waals surface area contributed by atoms with Crippen molar-refractivity contribution in [3.8, 4) is 11.5 Å². The summed E-state index contributed by atoms with van der Waals surface area (Å²) < 4.78 is 5.02. The molecule has 8 nitrogen and oxygen atoms in total. The number of aromatic hydroxyl groups is 1. The normalized spacial score (nSPS) is 14.6. The first-order valence-electron chi connectivity index (χ1n) is 10.1. The molecule has 0 saturated carbocycles. The summed E-state index contributed by atoms with van der Waals surface area (Å²) in [5.74, 6) is -1.06. The fourth-order valence-electron chi connectivity index (χ4n) is 3.60. The Bertz CT molecular complexity index is 1300. The number of hydrogen-bond acceptors (Lipinski definition) is 6. The molecule has 0 radical (unpaired) electrons. The molecule has 1 heterocycles. The van der Waals surface area contributed by atoms with Crippen LogP contribution in [0.2, 0.25) is 0 Å². The maximum absolute atomic E-state index is 13.0. The van der Waals surface area contributed by atoms with E-state index in [-0.39, 0.29) is 23.3 Å². The third kappa shape index (κ3) is 4.59. The SMILES string of the molecule is COc1ccc(N=CC2C(=O)Nc3cc(C(=O)c4cccc(NC(C)=O)c4)ccc32)cc1O. The van der Waals surface area contributed by atoms with Crippen LogP contribution in [0.5, 0.6) is 11.5 Å². The summed E-state index contributed by atoms with van der Waals surface area (Å²) >= 11 is 0. The van der Waals surface area contributed by atoms with Crippen molar-refractivity contribution in [1.29, 1.82) is 0 Å². The van der Waals surface area contributed by atoms with Crippen molar-refractivity contribution < 1.29 is 24.2 Å². The fourth-order valence-corrected chi connectivity index (χ4v) is 3.60. The maximum Gasteiger partial charge on any atom is 0.237 e. The largest absolute Gasteiger partial charge is 0.504 e. The summed E-state index contributed by atoms with van der Waals surface area (Å²) in [6, 6.07) is 16.4. The van der Waals surface area contributed by atoms with Gasteiger partial charge in [0.1, 0.15) is 5.92 Å². The van der Waals surface area contributed by atoms with Crippen LogP contribution in [0, 0.1) is 0 Å². The van der Waals surface area contributed by atoms with Gasteiger partial charge < -0.3 is 20.5 Å². The number of nitrogens with one attached hydrogen (secondary N) is 2. The molecule has 0 spiro atoms. The van der Waals surface area contributed by atoms with Crippen LogP contribution in [0.4, 0.5) is 17.1 Å². The molecule has 8 heteroatoms. The topological polar surface area (TPSA) is 117 Å². The third-order valence-electron chi connectivity index (χ3n) is 5.17. The molecule has 0 aliphatic carbocycles. The molecule has 0 saturated heterocycles. The van der Waals surface area contributed by atoms with Crippen molar-refractivity contribution in [2.45, 2.75) is 12.8 Å². The number of ketones is 1. The highest BCUT2D eigenvalue weighted by atomic mass is 16.5. The van der Waals surface area contributed by atoms with Crippen LogP contribution in [0.25, 0.3) is 0 Å². The number of carbonyl (C=O) groups excluding carboxylic acids is 3. The van der Waals surface area contributed by atoms with E-state index in [1.807, 2.05) is 0 Å². The van der Waals surface area contributed by atoms with Crippen LogP contribution in [-0.4, -0.2) is 36.0 Å². The Morgan fingerprint density at radius 1 is 1.09 bits per heavy atom. The molecule has 3 N–H and O–H groups in total. The lowest BCUT2D eigenvalue weighted by molar-refractivity contribution is -0.116. The van der Waals surface area contributed by atoms with Crippen molar-refractivity contribution >= 4 is 40.9 Å². The lowest BCUT2D eigenvalue weighted by Crippen LogP contribution is -2.12. The molecule has 33 heavy (non-hydrogen) atoms. The second-order valence-electron chi connectivity index (χ2n) is 7.49. The van der Waals surface area contributed by atoms with Gasteiger partial charge >= 0.3 is 0 Å². The average Bonchev–Trinajstić information content (AvgIpc) is 3.11. The first kappa shape index (κ1) is 21.8. The van der Waals surface area contributed by atoms with Crippen molar-refractivity contribution in [1.82, 2.24) is 0 Å². The molecule has 166 valence electrons. The minimum atomic E-state index is -0.628. The van der Waals surface area contributed by atoms with Crippen LogP contribution >= 0.6 is 0 Å². The molecule has 1 unspecified atom stereocenters. The highest BCUT2D eigenvalue weighted by Gasteiger charge is 2.30. The van der Waals surface area contributed by atoms with Gasteiger partial charge in [-0.3, -0.25) is 19.4 Å². The number of ether oxygens (including phenoxy) is 1. The quantitative estimate of drug-likeness (QED) is 0.393. The molecule has 2 amide bonds. The van der Waals surface area contributed by atoms with E-state index >= 15 is 0 Å². The van der Waals surface area contributed by atoms with Gasteiger partial charge in [0.2, 0.25) is 11.8 Å². The number of benzene rings is 3. The van der Waals surface area contributed by atoms with Gasteiger partial charge in [-0.05, 0) is 35.9 Å². The summed E-state index contributed by atoms with van der Waals surface area (Å²) in [5, 5.41) is 15.3. The summed E-state index contributed by atoms with van der Waals surface area (Å²) in [6.45, 7) is 1.40. The summed E-state index contributed by atoms with van der Waals surface area (Å²) in [7, 11) is 1.45. The van der Waals surface area contributed by atoms with Crippen molar-refractivity contribution in [3.05, 3.63) is 77.4 Å². The molecule has 0 fully saturated rings. The van der Waals surface area contributed by atoms with Gasteiger partial charge in [0.05, 0.1) is 12.8 Å². The maximum atomic E-state index is 13.0. The van der Waals surface area contributed by atoms with Gasteiger partial charge in [-0.2, -0.15) is 0 Å². The summed E-state index contributed by atoms with van der Waals surface area (Å²) in [6.07, 6.45) is 1.50. The van der Waals surface area contributed by atoms with Gasteiger partial charge in [-0.15, -0.1) is 0 Å². The van der Waals surface area contributed by atoms with Crippen molar-refractivity contribution in [2.24, 2.45) is 4.99 Å². The molecule has 0 bridgehead atoms. The monoisotopic (exact) mass is 443 g/mol. The average molecular weight is 443 g/mol. The molecular formula is C25H21N3O5. The number of rotatable bonds is 6. The van der Waals surface area contributed by atoms with E-state index in [2.05, 4.69) is 15.6 Å². The number of nitrogens with zero attached hydrogens (tertiary/aromatic N) is 1. The van der Waals surface area contributed by atoms with E-state index in [4.69, 9.17) is 4.74 Å². The number of fused-ring (bicyclic) bond motifs is 1. The Morgan fingerprint density at radius 2 is 1.88 bits per heavy atom. The lowest BCUT2D eigenvalue weighted by Gasteiger charge is -2.07. The Kier molecular flexibility index (Phi) is 5.91. The second kappa shape index (κ2) is 8.96. The Balaban J connectivity index is 1.56.